The second kappa shape index (κ2) is 8.09. The number of aromatic nitrogens is 6. The molecular weight excluding hydrogens is 461 g/mol. The van der Waals surface area contributed by atoms with Crippen LogP contribution in [0.4, 0.5) is 21.7 Å². The van der Waals surface area contributed by atoms with Gasteiger partial charge in [0.2, 0.25) is 0 Å². The fourth-order valence-electron chi connectivity index (χ4n) is 5.01. The predicted octanol–water partition coefficient (Wildman–Crippen LogP) is 3.60. The van der Waals surface area contributed by atoms with Gasteiger partial charge >= 0.3 is 0 Å². The lowest BCUT2D eigenvalue weighted by Crippen LogP contribution is -2.68. The van der Waals surface area contributed by atoms with Crippen molar-refractivity contribution < 1.29 is 9.13 Å². The second-order valence-electron chi connectivity index (χ2n) is 9.07. The van der Waals surface area contributed by atoms with E-state index < -0.39 is 5.82 Å². The van der Waals surface area contributed by atoms with Gasteiger partial charge in [-0.15, -0.1) is 0 Å². The highest BCUT2D eigenvalue weighted by atomic mass is 19.1. The molecule has 2 fully saturated rings. The third-order valence-electron chi connectivity index (χ3n) is 6.89. The van der Waals surface area contributed by atoms with Crippen LogP contribution in [0.1, 0.15) is 12.0 Å². The molecule has 2 atom stereocenters. The maximum absolute atomic E-state index is 15.4. The molecule has 2 aliphatic rings. The van der Waals surface area contributed by atoms with Crippen molar-refractivity contribution >= 4 is 34.0 Å². The number of ether oxygens (including phenoxy) is 1. The van der Waals surface area contributed by atoms with Crippen LogP contribution in [-0.2, 0) is 0 Å². The van der Waals surface area contributed by atoms with E-state index in [9.17, 15) is 0 Å². The van der Waals surface area contributed by atoms with E-state index in [1.807, 2.05) is 12.1 Å². The molecule has 0 aliphatic carbocycles. The highest BCUT2D eigenvalue weighted by Crippen LogP contribution is 2.36. The Morgan fingerprint density at radius 1 is 1.06 bits per heavy atom. The number of nitrogens with one attached hydrogen (secondary N) is 2. The first-order valence-corrected chi connectivity index (χ1v) is 11.8. The van der Waals surface area contributed by atoms with E-state index in [1.165, 1.54) is 19.1 Å². The summed E-state index contributed by atoms with van der Waals surface area (Å²) in [4.78, 5) is 20.1. The molecule has 0 saturated carbocycles. The van der Waals surface area contributed by atoms with Gasteiger partial charge in [0, 0.05) is 43.0 Å². The minimum absolute atomic E-state index is 0.282. The summed E-state index contributed by atoms with van der Waals surface area (Å²) >= 11 is 0. The Morgan fingerprint density at radius 2 is 1.94 bits per heavy atom. The number of fused-ring (bicyclic) bond motifs is 4. The zero-order valence-electron chi connectivity index (χ0n) is 19.4. The molecule has 2 saturated heterocycles. The summed E-state index contributed by atoms with van der Waals surface area (Å²) in [6.07, 6.45) is 5.84. The number of pyridine rings is 2. The number of piperidine rings is 1. The third-order valence-corrected chi connectivity index (χ3v) is 6.89. The molecule has 180 valence electrons. The number of halogens is 1. The fraction of sp³-hybridized carbons (Fsp3) is 0.240. The van der Waals surface area contributed by atoms with Crippen molar-refractivity contribution in [3.05, 3.63) is 66.6 Å². The summed E-state index contributed by atoms with van der Waals surface area (Å²) < 4.78 is 23.0. The molecule has 0 amide bonds. The van der Waals surface area contributed by atoms with Crippen LogP contribution in [0.2, 0.25) is 0 Å². The lowest BCUT2D eigenvalue weighted by Gasteiger charge is -2.53. The van der Waals surface area contributed by atoms with E-state index in [0.717, 1.165) is 18.9 Å². The number of nitrogens with zero attached hydrogens (tertiary/aromatic N) is 7. The summed E-state index contributed by atoms with van der Waals surface area (Å²) in [5, 5.41) is 10.6. The Hall–Kier alpha value is -4.38. The summed E-state index contributed by atoms with van der Waals surface area (Å²) in [5.41, 5.74) is 2.59. The SMILES string of the molecule is Cc1c(Oc2ccn3ncnc3c2)ccc(Nc2ncnc3ccc(N4C5CNCC4C5)nc23)c1F. The Kier molecular flexibility index (Phi) is 4.71. The number of hydrogen-bond donors (Lipinski definition) is 2. The summed E-state index contributed by atoms with van der Waals surface area (Å²) in [7, 11) is 0. The van der Waals surface area contributed by atoms with E-state index in [4.69, 9.17) is 9.72 Å². The summed E-state index contributed by atoms with van der Waals surface area (Å²) in [5.74, 6) is 1.88. The van der Waals surface area contributed by atoms with E-state index in [-0.39, 0.29) is 5.69 Å². The van der Waals surface area contributed by atoms with Crippen molar-refractivity contribution in [2.45, 2.75) is 25.4 Å². The topological polar surface area (TPSA) is 105 Å². The number of hydrogen-bond acceptors (Lipinski definition) is 9. The van der Waals surface area contributed by atoms with Gasteiger partial charge in [0.25, 0.3) is 0 Å². The molecule has 6 heterocycles. The predicted molar refractivity (Wildman–Crippen MR) is 132 cm³/mol. The maximum Gasteiger partial charge on any atom is 0.160 e. The smallest absolute Gasteiger partial charge is 0.160 e. The van der Waals surface area contributed by atoms with E-state index in [0.29, 0.717) is 51.6 Å². The monoisotopic (exact) mass is 483 g/mol. The van der Waals surface area contributed by atoms with Gasteiger partial charge in [-0.1, -0.05) is 0 Å². The van der Waals surface area contributed by atoms with Crippen LogP contribution in [0, 0.1) is 12.7 Å². The molecule has 36 heavy (non-hydrogen) atoms. The number of rotatable bonds is 5. The molecule has 11 heteroatoms. The summed E-state index contributed by atoms with van der Waals surface area (Å²) in [6.45, 7) is 3.59. The van der Waals surface area contributed by atoms with Crippen molar-refractivity contribution in [2.75, 3.05) is 23.3 Å². The average Bonchev–Trinajstić information content (AvgIpc) is 3.37. The Morgan fingerprint density at radius 3 is 2.81 bits per heavy atom. The van der Waals surface area contributed by atoms with Crippen LogP contribution in [0.25, 0.3) is 16.7 Å². The van der Waals surface area contributed by atoms with Gasteiger partial charge in [0.05, 0.1) is 11.2 Å². The maximum atomic E-state index is 15.4. The second-order valence-corrected chi connectivity index (χ2v) is 9.07. The molecule has 1 aromatic carbocycles. The largest absolute Gasteiger partial charge is 0.457 e. The van der Waals surface area contributed by atoms with Crippen molar-refractivity contribution in [2.24, 2.45) is 0 Å². The summed E-state index contributed by atoms with van der Waals surface area (Å²) in [6, 6.07) is 11.7. The first kappa shape index (κ1) is 20.9. The zero-order valence-corrected chi connectivity index (χ0v) is 19.4. The molecule has 7 rings (SSSR count). The molecule has 2 aliphatic heterocycles. The van der Waals surface area contributed by atoms with Gasteiger partial charge in [0.1, 0.15) is 35.5 Å². The highest BCUT2D eigenvalue weighted by Gasteiger charge is 2.42. The minimum Gasteiger partial charge on any atom is -0.457 e. The Bertz CT molecular complexity index is 1610. The molecule has 0 radical (unpaired) electrons. The molecule has 2 unspecified atom stereocenters. The first-order valence-electron chi connectivity index (χ1n) is 11.8. The third kappa shape index (κ3) is 3.39. The van der Waals surface area contributed by atoms with Gasteiger partial charge in [-0.2, -0.15) is 5.10 Å². The molecular formula is C25H22FN9O. The van der Waals surface area contributed by atoms with Crippen LogP contribution >= 0.6 is 0 Å². The fourth-order valence-corrected chi connectivity index (χ4v) is 5.01. The quantitative estimate of drug-likeness (QED) is 0.388. The molecule has 2 bridgehead atoms. The lowest BCUT2D eigenvalue weighted by molar-refractivity contribution is 0.261. The molecule has 4 aromatic heterocycles. The number of anilines is 3. The van der Waals surface area contributed by atoms with E-state index in [2.05, 4.69) is 35.6 Å². The van der Waals surface area contributed by atoms with Crippen LogP contribution in [0.5, 0.6) is 11.5 Å². The van der Waals surface area contributed by atoms with Crippen LogP contribution in [0.15, 0.2) is 55.2 Å². The Balaban J connectivity index is 1.18. The van der Waals surface area contributed by atoms with Crippen LogP contribution in [0.3, 0.4) is 0 Å². The first-order chi connectivity index (χ1) is 17.6. The van der Waals surface area contributed by atoms with Crippen LogP contribution in [-0.4, -0.2) is 54.7 Å². The average molecular weight is 484 g/mol. The molecule has 2 N–H and O–H groups in total. The van der Waals surface area contributed by atoms with Crippen molar-refractivity contribution in [1.82, 2.24) is 34.9 Å². The van der Waals surface area contributed by atoms with Crippen molar-refractivity contribution in [1.29, 1.82) is 0 Å². The lowest BCUT2D eigenvalue weighted by atomic mass is 9.89. The van der Waals surface area contributed by atoms with Gasteiger partial charge in [-0.25, -0.2) is 28.8 Å². The number of benzene rings is 1. The van der Waals surface area contributed by atoms with Gasteiger partial charge in [-0.05, 0) is 43.7 Å². The molecule has 10 nitrogen and oxygen atoms in total. The van der Waals surface area contributed by atoms with Crippen LogP contribution < -0.4 is 20.3 Å². The van der Waals surface area contributed by atoms with Gasteiger partial charge in [-0.3, -0.25) is 0 Å². The van der Waals surface area contributed by atoms with Gasteiger partial charge < -0.3 is 20.3 Å². The van der Waals surface area contributed by atoms with Gasteiger partial charge in [0.15, 0.2) is 17.3 Å². The van der Waals surface area contributed by atoms with E-state index in [1.54, 1.807) is 41.9 Å². The number of piperazine rings is 1. The molecule has 0 spiro atoms. The minimum atomic E-state index is -0.428. The van der Waals surface area contributed by atoms with E-state index >= 15 is 4.39 Å². The normalized spacial score (nSPS) is 18.9. The van der Waals surface area contributed by atoms with Crippen molar-refractivity contribution in [3.63, 3.8) is 0 Å². The highest BCUT2D eigenvalue weighted by molar-refractivity contribution is 5.88. The molecule has 5 aromatic rings. The van der Waals surface area contributed by atoms with Crippen molar-refractivity contribution in [3.8, 4) is 11.5 Å². The standard InChI is InChI=1S/C25H22FN9O/c1-14-20(36-17-6-7-34-22(9-17)29-13-31-34)4-2-18(23(14)26)32-25-24-19(28-12-30-25)3-5-21(33-24)35-15-8-16(35)11-27-10-15/h2-7,9,12-13,15-16,27H,8,10-11H2,1H3,(H,28,30,32). The Labute approximate surface area is 205 Å². The zero-order chi connectivity index (χ0) is 24.2.